The number of carbonyl (C=O) groups excluding carboxylic acids is 1. The summed E-state index contributed by atoms with van der Waals surface area (Å²) in [5.41, 5.74) is 0.787. The van der Waals surface area contributed by atoms with Crippen LogP contribution in [0.25, 0.3) is 0 Å². The van der Waals surface area contributed by atoms with Gasteiger partial charge in [-0.1, -0.05) is 35.9 Å². The third kappa shape index (κ3) is 7.10. The number of hydrogen-bond acceptors (Lipinski definition) is 6. The molecule has 2 aliphatic rings. The second kappa shape index (κ2) is 11.8. The Balaban J connectivity index is 1.87. The van der Waals surface area contributed by atoms with Crippen molar-refractivity contribution in [3.8, 4) is 5.75 Å². The molecule has 3 rings (SSSR count). The Labute approximate surface area is 228 Å². The van der Waals surface area contributed by atoms with Gasteiger partial charge in [0, 0.05) is 35.6 Å². The Morgan fingerprint density at radius 3 is 2.61 bits per heavy atom. The summed E-state index contributed by atoms with van der Waals surface area (Å²) in [6.07, 6.45) is 2.45. The topological polar surface area (TPSA) is 83.1 Å². The average Bonchev–Trinajstić information content (AvgIpc) is 3.16. The van der Waals surface area contributed by atoms with Gasteiger partial charge in [0.2, 0.25) is 0 Å². The van der Waals surface area contributed by atoms with Crippen molar-refractivity contribution in [1.29, 1.82) is 0 Å². The Morgan fingerprint density at radius 2 is 2.06 bits per heavy atom. The van der Waals surface area contributed by atoms with Crippen molar-refractivity contribution in [2.45, 2.75) is 83.1 Å². The van der Waals surface area contributed by atoms with E-state index in [9.17, 15) is 9.35 Å². The summed E-state index contributed by atoms with van der Waals surface area (Å²) in [7, 11) is 0. The number of hydrogen-bond donors (Lipinski definition) is 1. The van der Waals surface area contributed by atoms with E-state index in [0.29, 0.717) is 41.8 Å². The van der Waals surface area contributed by atoms with Crippen LogP contribution in [0.3, 0.4) is 0 Å². The number of benzene rings is 1. The molecule has 2 aliphatic heterocycles. The van der Waals surface area contributed by atoms with E-state index in [1.807, 2.05) is 46.4 Å². The van der Waals surface area contributed by atoms with Gasteiger partial charge < -0.3 is 23.7 Å². The molecule has 2 fully saturated rings. The maximum Gasteiger partial charge on any atom is 0.254 e. The maximum absolute atomic E-state index is 13.2. The number of nitrogens with zero attached hydrogens (tertiary/aromatic N) is 1. The summed E-state index contributed by atoms with van der Waals surface area (Å²) in [5, 5.41) is 0.776. The van der Waals surface area contributed by atoms with E-state index < -0.39 is 28.0 Å². The first-order valence-corrected chi connectivity index (χ1v) is 14.2. The first kappa shape index (κ1) is 29.6. The first-order valence-electron chi connectivity index (χ1n) is 12.3. The summed E-state index contributed by atoms with van der Waals surface area (Å²) in [5.74, 6) is -0.184. The van der Waals surface area contributed by atoms with Crippen molar-refractivity contribution >= 4 is 40.5 Å². The summed E-state index contributed by atoms with van der Waals surface area (Å²) in [4.78, 5) is 15.1. The van der Waals surface area contributed by atoms with E-state index >= 15 is 0 Å². The molecule has 1 amide bonds. The smallest absolute Gasteiger partial charge is 0.254 e. The number of rotatable bonds is 8. The fraction of sp³-hybridized carbons (Fsp3) is 0.654. The van der Waals surface area contributed by atoms with Crippen LogP contribution in [0.2, 0.25) is 10.0 Å². The van der Waals surface area contributed by atoms with Crippen molar-refractivity contribution in [2.75, 3.05) is 19.8 Å². The van der Waals surface area contributed by atoms with Crippen LogP contribution in [-0.2, 0) is 25.6 Å². The van der Waals surface area contributed by atoms with Gasteiger partial charge in [0.1, 0.15) is 17.1 Å². The van der Waals surface area contributed by atoms with Crippen LogP contribution < -0.4 is 9.46 Å². The molecule has 0 bridgehead atoms. The van der Waals surface area contributed by atoms with Crippen LogP contribution in [0.15, 0.2) is 24.8 Å². The minimum Gasteiger partial charge on any atom is -0.598 e. The molecule has 1 aromatic carbocycles. The molecule has 10 heteroatoms. The van der Waals surface area contributed by atoms with E-state index in [1.54, 1.807) is 18.2 Å². The van der Waals surface area contributed by atoms with Crippen LogP contribution in [0, 0.1) is 5.92 Å². The van der Waals surface area contributed by atoms with E-state index in [0.717, 1.165) is 5.56 Å². The number of likely N-dealkylation sites (tertiary alicyclic amines) is 1. The highest BCUT2D eigenvalue weighted by Gasteiger charge is 2.43. The van der Waals surface area contributed by atoms with Crippen molar-refractivity contribution in [3.05, 3.63) is 40.4 Å². The zero-order valence-electron chi connectivity index (χ0n) is 21.9. The summed E-state index contributed by atoms with van der Waals surface area (Å²) < 4.78 is 33.5. The molecule has 36 heavy (non-hydrogen) atoms. The largest absolute Gasteiger partial charge is 0.598 e. The van der Waals surface area contributed by atoms with Gasteiger partial charge in [-0.05, 0) is 66.4 Å². The fourth-order valence-corrected chi connectivity index (χ4v) is 5.83. The van der Waals surface area contributed by atoms with Gasteiger partial charge in [-0.15, -0.1) is 4.72 Å². The lowest BCUT2D eigenvalue weighted by molar-refractivity contribution is -0.163. The summed E-state index contributed by atoms with van der Waals surface area (Å²) in [6.45, 7) is 16.3. The number of halogens is 2. The van der Waals surface area contributed by atoms with Crippen molar-refractivity contribution in [3.63, 3.8) is 0 Å². The van der Waals surface area contributed by atoms with Crippen molar-refractivity contribution in [1.82, 2.24) is 9.62 Å². The lowest BCUT2D eigenvalue weighted by Gasteiger charge is -2.42. The van der Waals surface area contributed by atoms with Crippen molar-refractivity contribution < 1.29 is 23.6 Å². The zero-order valence-corrected chi connectivity index (χ0v) is 24.3. The minimum atomic E-state index is -1.35. The fourth-order valence-electron chi connectivity index (χ4n) is 4.60. The highest BCUT2D eigenvalue weighted by atomic mass is 35.5. The van der Waals surface area contributed by atoms with Gasteiger partial charge in [-0.3, -0.25) is 4.79 Å². The van der Waals surface area contributed by atoms with E-state index in [4.69, 9.17) is 37.4 Å². The van der Waals surface area contributed by atoms with Gasteiger partial charge >= 0.3 is 0 Å². The van der Waals surface area contributed by atoms with Gasteiger partial charge in [-0.2, -0.15) is 0 Å². The quantitative estimate of drug-likeness (QED) is 0.337. The summed E-state index contributed by atoms with van der Waals surface area (Å²) in [6, 6.07) is 3.10. The minimum absolute atomic E-state index is 0.0451. The Morgan fingerprint density at radius 1 is 1.39 bits per heavy atom. The highest BCUT2D eigenvalue weighted by Crippen LogP contribution is 2.42. The molecule has 2 heterocycles. The van der Waals surface area contributed by atoms with E-state index in [1.165, 1.54) is 0 Å². The number of ether oxygens (including phenoxy) is 3. The van der Waals surface area contributed by atoms with E-state index in [2.05, 4.69) is 11.3 Å². The highest BCUT2D eigenvalue weighted by molar-refractivity contribution is 7.90. The van der Waals surface area contributed by atoms with Crippen LogP contribution in [0.4, 0.5) is 0 Å². The second-order valence-corrected chi connectivity index (χ2v) is 13.7. The molecule has 2 saturated heterocycles. The molecular weight excluding hydrogens is 523 g/mol. The predicted octanol–water partition coefficient (Wildman–Crippen LogP) is 5.43. The van der Waals surface area contributed by atoms with Gasteiger partial charge in [-0.25, -0.2) is 0 Å². The second-order valence-electron chi connectivity index (χ2n) is 10.9. The molecule has 7 nitrogen and oxygen atoms in total. The molecule has 0 saturated carbocycles. The Kier molecular flexibility index (Phi) is 9.69. The Bertz CT molecular complexity index is 955. The molecular formula is C26H38Cl2N2O5S. The molecule has 0 aromatic heterocycles. The number of carbonyl (C=O) groups is 1. The molecule has 4 unspecified atom stereocenters. The first-order chi connectivity index (χ1) is 16.7. The zero-order chi connectivity index (χ0) is 26.8. The van der Waals surface area contributed by atoms with Crippen molar-refractivity contribution in [2.24, 2.45) is 5.92 Å². The van der Waals surface area contributed by atoms with Gasteiger partial charge in [0.05, 0.1) is 22.7 Å². The van der Waals surface area contributed by atoms with Crippen LogP contribution in [0.1, 0.15) is 66.0 Å². The normalized spacial score (nSPS) is 25.9. The average molecular weight is 562 g/mol. The monoisotopic (exact) mass is 560 g/mol. The SMILES string of the molecule is C=CCOc1cc(Cl)c(Cl)cc1C(N[S+]([O-])C(C)(C)C)C1CCN(C(=O)[C@H]2COC(C)(C)O2)C(C)C1. The third-order valence-corrected chi connectivity index (χ3v) is 8.79. The molecule has 0 aliphatic carbocycles. The standard InChI is InChI=1S/C26H38Cl2N2O5S/c1-8-11-33-21-14-20(28)19(27)13-18(21)23(29-36(32)25(3,4)5)17-9-10-30(16(2)12-17)24(31)22-15-34-26(6,7)35-22/h8,13-14,16-17,22-23,29H,1,9-12,15H2,2-7H3/t16?,17?,22-,23?,36?/m1/s1. The molecule has 5 atom stereocenters. The molecule has 0 radical (unpaired) electrons. The van der Waals surface area contributed by atoms with Crippen LogP contribution >= 0.6 is 23.2 Å². The predicted molar refractivity (Wildman–Crippen MR) is 145 cm³/mol. The Hall–Kier alpha value is -1.00. The van der Waals surface area contributed by atoms with Gasteiger partial charge in [0.25, 0.3) is 5.91 Å². The number of nitrogens with one attached hydrogen (secondary N) is 1. The van der Waals surface area contributed by atoms with Crippen LogP contribution in [0.5, 0.6) is 5.75 Å². The van der Waals surface area contributed by atoms with Gasteiger partial charge in [0.15, 0.2) is 11.9 Å². The lowest BCUT2D eigenvalue weighted by Crippen LogP contribution is -2.52. The van der Waals surface area contributed by atoms with Crippen LogP contribution in [-0.4, -0.2) is 57.8 Å². The molecule has 1 aromatic rings. The molecule has 1 N–H and O–H groups in total. The third-order valence-electron chi connectivity index (χ3n) is 6.49. The summed E-state index contributed by atoms with van der Waals surface area (Å²) >= 11 is 11.4. The number of amides is 1. The molecule has 202 valence electrons. The lowest BCUT2D eigenvalue weighted by atomic mass is 9.82. The number of piperidine rings is 1. The maximum atomic E-state index is 13.2. The molecule has 0 spiro atoms. The van der Waals surface area contributed by atoms with E-state index in [-0.39, 0.29) is 30.5 Å².